The molecule has 0 saturated carbocycles. The van der Waals surface area contributed by atoms with Crippen molar-refractivity contribution in [3.05, 3.63) is 12.3 Å². The van der Waals surface area contributed by atoms with Crippen molar-refractivity contribution < 1.29 is 9.78 Å². The predicted octanol–water partition coefficient (Wildman–Crippen LogP) is 3.05. The second-order valence-corrected chi connectivity index (χ2v) is 2.67. The van der Waals surface area contributed by atoms with E-state index >= 15 is 0 Å². The highest BCUT2D eigenvalue weighted by molar-refractivity contribution is 4.70. The minimum atomic E-state index is 0.612. The van der Waals surface area contributed by atoms with E-state index in [1.807, 2.05) is 0 Å². The molecule has 0 saturated heterocycles. The van der Waals surface area contributed by atoms with Gasteiger partial charge in [-0.05, 0) is 13.3 Å². The van der Waals surface area contributed by atoms with Crippen LogP contribution in [0.25, 0.3) is 0 Å². The summed E-state index contributed by atoms with van der Waals surface area (Å²) in [7, 11) is 0. The fourth-order valence-electron chi connectivity index (χ4n) is 0.730. The Kier molecular flexibility index (Phi) is 7.26. The first-order chi connectivity index (χ1) is 5.27. The lowest BCUT2D eigenvalue weighted by Gasteiger charge is -2.02. The molecule has 0 fully saturated rings. The topological polar surface area (TPSA) is 18.5 Å². The third-order valence-electron chi connectivity index (χ3n) is 1.28. The van der Waals surface area contributed by atoms with E-state index in [9.17, 15) is 0 Å². The van der Waals surface area contributed by atoms with Gasteiger partial charge in [-0.15, -0.1) is 0 Å². The normalized spacial score (nSPS) is 9.64. The number of unbranched alkanes of at least 4 members (excludes halogenated alkanes) is 3. The van der Waals surface area contributed by atoms with Crippen molar-refractivity contribution in [1.82, 2.24) is 0 Å². The van der Waals surface area contributed by atoms with Gasteiger partial charge in [-0.3, -0.25) is 0 Å². The van der Waals surface area contributed by atoms with Crippen LogP contribution in [0.3, 0.4) is 0 Å². The Hall–Kier alpha value is -0.500. The van der Waals surface area contributed by atoms with Gasteiger partial charge in [0.05, 0.1) is 6.61 Å². The number of allylic oxidation sites excluding steroid dienone is 1. The van der Waals surface area contributed by atoms with Crippen LogP contribution in [0, 0.1) is 0 Å². The van der Waals surface area contributed by atoms with Gasteiger partial charge in [0.1, 0.15) is 5.76 Å². The van der Waals surface area contributed by atoms with Crippen LogP contribution >= 0.6 is 0 Å². The van der Waals surface area contributed by atoms with Crippen molar-refractivity contribution in [3.8, 4) is 0 Å². The van der Waals surface area contributed by atoms with Gasteiger partial charge in [-0.2, -0.15) is 4.89 Å². The van der Waals surface area contributed by atoms with Crippen molar-refractivity contribution in [2.75, 3.05) is 6.61 Å². The first-order valence-corrected chi connectivity index (χ1v) is 4.22. The third kappa shape index (κ3) is 9.50. The average Bonchev–Trinajstić information content (AvgIpc) is 1.96. The van der Waals surface area contributed by atoms with E-state index in [1.54, 1.807) is 6.92 Å². The first-order valence-electron chi connectivity index (χ1n) is 4.22. The predicted molar refractivity (Wildman–Crippen MR) is 46.0 cm³/mol. The summed E-state index contributed by atoms with van der Waals surface area (Å²) in [6.07, 6.45) is 4.81. The lowest BCUT2D eigenvalue weighted by Crippen LogP contribution is -1.94. The van der Waals surface area contributed by atoms with Crippen molar-refractivity contribution in [2.24, 2.45) is 0 Å². The minimum absolute atomic E-state index is 0.612. The molecule has 0 radical (unpaired) electrons. The van der Waals surface area contributed by atoms with Crippen LogP contribution in [-0.4, -0.2) is 6.61 Å². The summed E-state index contributed by atoms with van der Waals surface area (Å²) in [6, 6.07) is 0. The fraction of sp³-hybridized carbons (Fsp3) is 0.778. The molecule has 0 aliphatic carbocycles. The summed E-state index contributed by atoms with van der Waals surface area (Å²) >= 11 is 0. The number of hydrogen-bond donors (Lipinski definition) is 0. The lowest BCUT2D eigenvalue weighted by atomic mass is 10.2. The Morgan fingerprint density at radius 3 is 2.55 bits per heavy atom. The minimum Gasteiger partial charge on any atom is -0.343 e. The maximum absolute atomic E-state index is 4.84. The van der Waals surface area contributed by atoms with Gasteiger partial charge in [-0.1, -0.05) is 32.8 Å². The van der Waals surface area contributed by atoms with Crippen LogP contribution in [0.2, 0.25) is 0 Å². The van der Waals surface area contributed by atoms with E-state index in [1.165, 1.54) is 19.3 Å². The van der Waals surface area contributed by atoms with E-state index in [0.29, 0.717) is 12.4 Å². The molecule has 0 bridgehead atoms. The maximum atomic E-state index is 4.84. The highest BCUT2D eigenvalue weighted by Gasteiger charge is 1.89. The van der Waals surface area contributed by atoms with Crippen LogP contribution in [0.1, 0.15) is 39.5 Å². The standard InChI is InChI=1S/C9H18O2/c1-4-5-6-7-8-10-11-9(2)3/h2,4-8H2,1,3H3. The molecular formula is C9H18O2. The van der Waals surface area contributed by atoms with E-state index in [-0.39, 0.29) is 0 Å². The number of rotatable bonds is 7. The van der Waals surface area contributed by atoms with Gasteiger partial charge >= 0.3 is 0 Å². The van der Waals surface area contributed by atoms with E-state index in [0.717, 1.165) is 6.42 Å². The third-order valence-corrected chi connectivity index (χ3v) is 1.28. The zero-order chi connectivity index (χ0) is 8.53. The van der Waals surface area contributed by atoms with Gasteiger partial charge < -0.3 is 4.89 Å². The molecule has 0 aromatic rings. The molecule has 0 aliphatic heterocycles. The van der Waals surface area contributed by atoms with Crippen molar-refractivity contribution in [2.45, 2.75) is 39.5 Å². The highest BCUT2D eigenvalue weighted by atomic mass is 17.2. The summed E-state index contributed by atoms with van der Waals surface area (Å²) in [5, 5.41) is 0. The van der Waals surface area contributed by atoms with Crippen molar-refractivity contribution >= 4 is 0 Å². The van der Waals surface area contributed by atoms with E-state index < -0.39 is 0 Å². The van der Waals surface area contributed by atoms with E-state index in [2.05, 4.69) is 13.5 Å². The molecule has 0 heterocycles. The molecule has 2 nitrogen and oxygen atoms in total. The van der Waals surface area contributed by atoms with Gasteiger partial charge in [0.15, 0.2) is 0 Å². The Morgan fingerprint density at radius 1 is 1.27 bits per heavy atom. The molecule has 2 heteroatoms. The average molecular weight is 158 g/mol. The van der Waals surface area contributed by atoms with Crippen LogP contribution < -0.4 is 0 Å². The Balaban J connectivity index is 2.85. The van der Waals surface area contributed by atoms with Gasteiger partial charge in [0.25, 0.3) is 0 Å². The summed E-state index contributed by atoms with van der Waals surface area (Å²) < 4.78 is 0. The Bertz CT molecular complexity index is 99.7. The van der Waals surface area contributed by atoms with Crippen molar-refractivity contribution in [3.63, 3.8) is 0 Å². The SMILES string of the molecule is C=C(C)OOCCCCCC. The summed E-state index contributed by atoms with van der Waals surface area (Å²) in [5.41, 5.74) is 0. The molecule has 0 aromatic heterocycles. The summed E-state index contributed by atoms with van der Waals surface area (Å²) in [5.74, 6) is 0.612. The Morgan fingerprint density at radius 2 is 2.00 bits per heavy atom. The lowest BCUT2D eigenvalue weighted by molar-refractivity contribution is -0.261. The largest absolute Gasteiger partial charge is 0.343 e. The second-order valence-electron chi connectivity index (χ2n) is 2.67. The highest BCUT2D eigenvalue weighted by Crippen LogP contribution is 2.00. The molecule has 11 heavy (non-hydrogen) atoms. The molecule has 0 aromatic carbocycles. The molecule has 0 N–H and O–H groups in total. The Labute approximate surface area is 69.1 Å². The smallest absolute Gasteiger partial charge is 0.132 e. The monoisotopic (exact) mass is 158 g/mol. The summed E-state index contributed by atoms with van der Waals surface area (Å²) in [4.78, 5) is 9.57. The molecule has 0 unspecified atom stereocenters. The van der Waals surface area contributed by atoms with Crippen LogP contribution in [0.15, 0.2) is 12.3 Å². The van der Waals surface area contributed by atoms with Gasteiger partial charge in [-0.25, -0.2) is 0 Å². The van der Waals surface area contributed by atoms with Crippen LogP contribution in [0.5, 0.6) is 0 Å². The number of hydrogen-bond acceptors (Lipinski definition) is 2. The molecule has 0 amide bonds. The molecule has 66 valence electrons. The van der Waals surface area contributed by atoms with Crippen LogP contribution in [-0.2, 0) is 9.78 Å². The zero-order valence-electron chi connectivity index (χ0n) is 7.56. The molecule has 0 atom stereocenters. The van der Waals surface area contributed by atoms with E-state index in [4.69, 9.17) is 9.78 Å². The van der Waals surface area contributed by atoms with Gasteiger partial charge in [0.2, 0.25) is 0 Å². The first kappa shape index (κ1) is 10.5. The fourth-order valence-corrected chi connectivity index (χ4v) is 0.730. The molecule has 0 aliphatic rings. The molecule has 0 rings (SSSR count). The summed E-state index contributed by atoms with van der Waals surface area (Å²) in [6.45, 7) is 8.17. The second kappa shape index (κ2) is 7.61. The maximum Gasteiger partial charge on any atom is 0.132 e. The van der Waals surface area contributed by atoms with Crippen molar-refractivity contribution in [1.29, 1.82) is 0 Å². The molecule has 0 spiro atoms. The van der Waals surface area contributed by atoms with Gasteiger partial charge in [0, 0.05) is 0 Å². The van der Waals surface area contributed by atoms with Crippen LogP contribution in [0.4, 0.5) is 0 Å². The quantitative estimate of drug-likeness (QED) is 0.245. The molecular weight excluding hydrogens is 140 g/mol. The zero-order valence-corrected chi connectivity index (χ0v) is 7.56.